The largest absolute Gasteiger partial charge is 0.512 e. The Kier molecular flexibility index (Phi) is 36.7. The molecule has 0 amide bonds. The fourth-order valence-corrected chi connectivity index (χ4v) is 70.5. The van der Waals surface area contributed by atoms with Gasteiger partial charge in [0.25, 0.3) is 0 Å². The van der Waals surface area contributed by atoms with E-state index in [2.05, 4.69) is 166 Å². The third-order valence-corrected chi connectivity index (χ3v) is 79.9. The van der Waals surface area contributed by atoms with Gasteiger partial charge in [-0.3, -0.25) is 0 Å². The van der Waals surface area contributed by atoms with Crippen LogP contribution in [0.1, 0.15) is 180 Å². The Morgan fingerprint density at radius 3 is 0.505 bits per heavy atom. The number of nitrogens with zero attached hydrogens (tertiary/aromatic N) is 4. The van der Waals surface area contributed by atoms with Crippen LogP contribution in [0.15, 0.2) is 36.8 Å². The summed E-state index contributed by atoms with van der Waals surface area (Å²) in [6.45, 7) is 62.4. The molecule has 17 fully saturated rings. The maximum atomic E-state index is 6.25. The quantitative estimate of drug-likeness (QED) is 0.166. The summed E-state index contributed by atoms with van der Waals surface area (Å²) < 4.78 is 35.6. The van der Waals surface area contributed by atoms with E-state index in [1.165, 1.54) is 122 Å². The molecule has 12 bridgehead atoms. The van der Waals surface area contributed by atoms with Crippen LogP contribution >= 0.6 is 0 Å². The van der Waals surface area contributed by atoms with Gasteiger partial charge in [-0.1, -0.05) is 136 Å². The summed E-state index contributed by atoms with van der Waals surface area (Å²) in [7, 11) is -7.17. The maximum absolute atomic E-state index is 6.25. The molecule has 8 aliphatic heterocycles. The van der Waals surface area contributed by atoms with Crippen LogP contribution in [0.25, 0.3) is 0 Å². The molecule has 0 unspecified atom stereocenters. The first-order valence-corrected chi connectivity index (χ1v) is 64.5. The molecule has 0 aromatic carbocycles. The molecule has 0 spiro atoms. The molecule has 0 aromatic heterocycles. The van der Waals surface area contributed by atoms with Crippen LogP contribution in [0.3, 0.4) is 0 Å². The van der Waals surface area contributed by atoms with Gasteiger partial charge in [-0.05, 0) is 262 Å². The third kappa shape index (κ3) is 22.4. The minimum absolute atomic E-state index is 0. The molecule has 9 nitrogen and oxygen atoms in total. The average Bonchev–Trinajstić information content (AvgIpc) is 1.68. The average molecular weight is 1650 g/mol. The predicted octanol–water partition coefficient (Wildman–Crippen LogP) is 19.3. The molecule has 8 heterocycles. The van der Waals surface area contributed by atoms with E-state index in [0.29, 0.717) is 73.5 Å². The van der Waals surface area contributed by atoms with E-state index in [0.717, 1.165) is 119 Å². The van der Waals surface area contributed by atoms with Gasteiger partial charge in [0.1, 0.15) is 0 Å². The van der Waals surface area contributed by atoms with E-state index in [9.17, 15) is 0 Å². The van der Waals surface area contributed by atoms with Crippen LogP contribution in [-0.2, 0) is 44.1 Å². The van der Waals surface area contributed by atoms with E-state index in [-0.39, 0.29) is 123 Å². The van der Waals surface area contributed by atoms with Gasteiger partial charge in [-0.2, -0.15) is 0 Å². The zero-order chi connectivity index (χ0) is 69.7. The van der Waals surface area contributed by atoms with Crippen molar-refractivity contribution in [3.8, 4) is 0 Å². The zero-order valence-corrected chi connectivity index (χ0v) is 85.2. The van der Waals surface area contributed by atoms with Crippen molar-refractivity contribution >= 4 is 198 Å². The molecule has 99 heavy (non-hydrogen) atoms. The Labute approximate surface area is 735 Å². The van der Waals surface area contributed by atoms with E-state index >= 15 is 0 Å². The molecule has 20 aliphatic rings. The standard InChI is InChI=1S/3C19H35NSi2.5C4H8O.CN.3Al.2K.Pd/c3*1-21(2,3)18(22(4,5)6)7-8-20-19-12-15-9-16(13-19)11-17(10-15)14-19;5*1-2-4-5-3-1;1-2;;;;;;/h3*7-8,15-17H,9-14H2,1-6H3;5*1-4H2;;;;;;;/q3*-1;;;;;;-1;3*+1;;;. The Bertz CT molecular complexity index is 2090. The second-order valence-corrected chi connectivity index (χ2v) is 82.8. The molecule has 12 aliphatic carbocycles. The summed E-state index contributed by atoms with van der Waals surface area (Å²) in [5.74, 6) is 9.65. The molecule has 0 N–H and O–H groups in total. The van der Waals surface area contributed by atoms with Crippen molar-refractivity contribution in [1.82, 2.24) is 11.7 Å². The van der Waals surface area contributed by atoms with Crippen LogP contribution in [0.4, 0.5) is 0 Å². The van der Waals surface area contributed by atoms with Crippen molar-refractivity contribution in [3.63, 3.8) is 0 Å². The number of hydrogen-bond donors (Lipinski definition) is 0. The van der Waals surface area contributed by atoms with Gasteiger partial charge in [0.05, 0.1) is 0 Å². The van der Waals surface area contributed by atoms with Gasteiger partial charge >= 0.3 is 46.3 Å². The fraction of sp³-hybridized carbons (Fsp3) is 0.910. The molecule has 0 atom stereocenters. The van der Waals surface area contributed by atoms with Crippen molar-refractivity contribution in [2.45, 2.75) is 325 Å². The first-order valence-electron chi connectivity index (χ1n) is 40.3. The van der Waals surface area contributed by atoms with Gasteiger partial charge in [-0.25, -0.2) is 0 Å². The molecule has 21 heteroatoms. The molecule has 12 saturated carbocycles. The van der Waals surface area contributed by atoms with E-state index in [1.54, 1.807) is 57.8 Å². The molecular formula is C78H145Al3K2N4O5PdSi6-. The maximum Gasteiger partial charge on any atom is 0.375 e. The topological polar surface area (TPSA) is 79.7 Å². The molecule has 5 saturated heterocycles. The van der Waals surface area contributed by atoms with Gasteiger partial charge in [-0.15, -0.1) is 0 Å². The molecular weight excluding hydrogens is 1510 g/mol. The van der Waals surface area contributed by atoms with Gasteiger partial charge < -0.3 is 47.2 Å². The number of hydrogen-bond acceptors (Lipinski definition) is 9. The van der Waals surface area contributed by atoms with Crippen LogP contribution < -0.4 is 0 Å². The normalized spacial score (nSPS) is 35.0. The van der Waals surface area contributed by atoms with Gasteiger partial charge in [0, 0.05) is 254 Å². The second kappa shape index (κ2) is 39.2. The van der Waals surface area contributed by atoms with Crippen LogP contribution in [0.2, 0.25) is 128 Å². The van der Waals surface area contributed by atoms with Gasteiger partial charge in [0.2, 0.25) is 0 Å². The first-order chi connectivity index (χ1) is 45.1. The number of rotatable bonds is 9. The Morgan fingerprint density at radius 1 is 0.283 bits per heavy atom. The van der Waals surface area contributed by atoms with Crippen molar-refractivity contribution in [3.05, 3.63) is 43.4 Å². The Hall–Kier alpha value is 4.74. The predicted molar refractivity (Wildman–Crippen MR) is 438 cm³/mol. The Morgan fingerprint density at radius 2 is 0.414 bits per heavy atom. The van der Waals surface area contributed by atoms with Crippen LogP contribution in [-0.4, -0.2) is 292 Å². The summed E-state index contributed by atoms with van der Waals surface area (Å²) in [5.41, 5.74) is 1.80. The summed E-state index contributed by atoms with van der Waals surface area (Å²) >= 11 is 1.28. The van der Waals surface area contributed by atoms with Crippen molar-refractivity contribution < 1.29 is 44.1 Å². The molecule has 20 rings (SSSR count). The Balaban J connectivity index is 0.000000194. The van der Waals surface area contributed by atoms with Crippen LogP contribution in [0.5, 0.6) is 0 Å². The van der Waals surface area contributed by atoms with E-state index in [4.69, 9.17) is 35.5 Å². The molecule has 553 valence electrons. The SMILES string of the molecule is C1CCOC1.C1CCOC1.C1CCOC1.C1CCOC1.C1CCOC1.C[Si](C)(C)[C]1([Si](C)(C)C)C=C[N](C23CC4CC(CC(C4)C2)C3)[Al]1.C[Si](C)(C)[C]1([Si](C)(C)C)C=C[N](C23CC4CC(CC(C4)C2)C3)[Al]1.C[Si](C)(C)[C]1([Si](C)(C)C)C=C[N](C23CC4CC(CC(C4)C2)C3)[Al]1.[C-]#N.[K].[K].[Pd]. The summed E-state index contributed by atoms with van der Waals surface area (Å²) in [6.07, 6.45) is 56.9. The molecule has 0 aromatic rings. The fourth-order valence-electron chi connectivity index (χ4n) is 24.1. The summed E-state index contributed by atoms with van der Waals surface area (Å²) in [4.78, 5) is 0. The van der Waals surface area contributed by atoms with Crippen molar-refractivity contribution in [2.75, 3.05) is 66.1 Å². The molecule has 5 radical (unpaired) electrons. The summed E-state index contributed by atoms with van der Waals surface area (Å²) in [6, 6.07) is 0. The number of allylic oxidation sites excluding steroid dienone is 3. The van der Waals surface area contributed by atoms with Gasteiger partial charge in [0.15, 0.2) is 0 Å². The second-order valence-electron chi connectivity index (χ2n) is 40.7. The van der Waals surface area contributed by atoms with E-state index < -0.39 is 48.4 Å². The number of ether oxygens (including phenoxy) is 5. The zero-order valence-electron chi connectivity index (χ0n) is 67.9. The minimum atomic E-state index is -1.20. The first kappa shape index (κ1) is 92.6. The van der Waals surface area contributed by atoms with Crippen molar-refractivity contribution in [1.29, 1.82) is 5.26 Å². The third-order valence-electron chi connectivity index (χ3n) is 27.8. The summed E-state index contributed by atoms with van der Waals surface area (Å²) in [5, 5.41) is 6.25. The monoisotopic (exact) mass is 1650 g/mol. The van der Waals surface area contributed by atoms with Crippen molar-refractivity contribution in [2.24, 2.45) is 53.3 Å². The smallest absolute Gasteiger partial charge is 0.375 e. The van der Waals surface area contributed by atoms with Crippen LogP contribution in [0, 0.1) is 65.1 Å². The van der Waals surface area contributed by atoms with E-state index in [1.807, 2.05) is 0 Å². The minimum Gasteiger partial charge on any atom is -0.512 e.